The lowest BCUT2D eigenvalue weighted by Crippen LogP contribution is -2.35. The van der Waals surface area contributed by atoms with E-state index in [9.17, 15) is 4.79 Å². The molecular weight excluding hydrogens is 379 g/mol. The molecule has 2 N–H and O–H groups in total. The van der Waals surface area contributed by atoms with Crippen LogP contribution in [-0.4, -0.2) is 11.7 Å². The Kier molecular flexibility index (Phi) is 6.28. The minimum absolute atomic E-state index is 0.0793. The lowest BCUT2D eigenvalue weighted by atomic mass is 9.91. The second-order valence-corrected chi connectivity index (χ2v) is 6.96. The highest BCUT2D eigenvalue weighted by atomic mass is 35.5. The van der Waals surface area contributed by atoms with Crippen LogP contribution in [0.5, 0.6) is 0 Å². The SMILES string of the molecule is N=C(NC(=O)C(Cc1ccc(Cl)c(Cl)c1)c1ccccc1)c1ccccc1. The van der Waals surface area contributed by atoms with Crippen LogP contribution in [-0.2, 0) is 11.2 Å². The molecule has 0 saturated heterocycles. The first kappa shape index (κ1) is 19.2. The zero-order valence-corrected chi connectivity index (χ0v) is 16.0. The predicted octanol–water partition coefficient (Wildman–Crippen LogP) is 5.46. The van der Waals surface area contributed by atoms with Crippen molar-refractivity contribution in [3.05, 3.63) is 106 Å². The van der Waals surface area contributed by atoms with E-state index in [1.807, 2.05) is 54.6 Å². The third-order valence-electron chi connectivity index (χ3n) is 4.25. The van der Waals surface area contributed by atoms with Crippen LogP contribution in [0.2, 0.25) is 10.0 Å². The van der Waals surface area contributed by atoms with Gasteiger partial charge in [-0.1, -0.05) is 89.9 Å². The van der Waals surface area contributed by atoms with E-state index in [1.165, 1.54) is 0 Å². The van der Waals surface area contributed by atoms with E-state index < -0.39 is 5.92 Å². The molecule has 3 aromatic carbocycles. The van der Waals surface area contributed by atoms with Crippen LogP contribution in [0.25, 0.3) is 0 Å². The molecule has 27 heavy (non-hydrogen) atoms. The van der Waals surface area contributed by atoms with Crippen LogP contribution in [0.15, 0.2) is 78.9 Å². The topological polar surface area (TPSA) is 53.0 Å². The van der Waals surface area contributed by atoms with Crippen molar-refractivity contribution in [1.82, 2.24) is 5.32 Å². The van der Waals surface area contributed by atoms with Gasteiger partial charge in [-0.2, -0.15) is 0 Å². The van der Waals surface area contributed by atoms with Crippen LogP contribution in [0.4, 0.5) is 0 Å². The molecule has 0 bridgehead atoms. The number of halogens is 2. The average molecular weight is 397 g/mol. The van der Waals surface area contributed by atoms with Crippen molar-refractivity contribution in [1.29, 1.82) is 5.41 Å². The van der Waals surface area contributed by atoms with E-state index in [0.29, 0.717) is 22.0 Å². The Balaban J connectivity index is 1.84. The van der Waals surface area contributed by atoms with Gasteiger partial charge >= 0.3 is 0 Å². The maximum atomic E-state index is 13.0. The molecule has 0 aliphatic rings. The van der Waals surface area contributed by atoms with E-state index in [2.05, 4.69) is 5.32 Å². The highest BCUT2D eigenvalue weighted by Gasteiger charge is 2.22. The van der Waals surface area contributed by atoms with Gasteiger partial charge in [0, 0.05) is 5.56 Å². The second-order valence-electron chi connectivity index (χ2n) is 6.15. The summed E-state index contributed by atoms with van der Waals surface area (Å²) in [6, 6.07) is 24.0. The van der Waals surface area contributed by atoms with E-state index in [1.54, 1.807) is 24.3 Å². The number of hydrogen-bond acceptors (Lipinski definition) is 2. The highest BCUT2D eigenvalue weighted by Crippen LogP contribution is 2.27. The summed E-state index contributed by atoms with van der Waals surface area (Å²) in [6.07, 6.45) is 0.453. The molecule has 3 nitrogen and oxygen atoms in total. The molecule has 5 heteroatoms. The molecule has 0 aromatic heterocycles. The van der Waals surface area contributed by atoms with Gasteiger partial charge in [0.2, 0.25) is 5.91 Å². The summed E-state index contributed by atoms with van der Waals surface area (Å²) in [5.41, 5.74) is 2.44. The zero-order chi connectivity index (χ0) is 19.2. The fourth-order valence-corrected chi connectivity index (χ4v) is 3.16. The molecule has 136 valence electrons. The molecule has 0 spiro atoms. The Morgan fingerprint density at radius 1 is 0.889 bits per heavy atom. The molecule has 0 aliphatic carbocycles. The summed E-state index contributed by atoms with van der Waals surface area (Å²) < 4.78 is 0. The van der Waals surface area contributed by atoms with Crippen molar-refractivity contribution in [3.63, 3.8) is 0 Å². The first-order valence-electron chi connectivity index (χ1n) is 8.48. The first-order chi connectivity index (χ1) is 13.0. The van der Waals surface area contributed by atoms with E-state index in [-0.39, 0.29) is 11.7 Å². The van der Waals surface area contributed by atoms with Crippen LogP contribution in [0, 0.1) is 5.41 Å². The average Bonchev–Trinajstić information content (AvgIpc) is 2.70. The highest BCUT2D eigenvalue weighted by molar-refractivity contribution is 6.42. The predicted molar refractivity (Wildman–Crippen MR) is 111 cm³/mol. The molecular formula is C22H18Cl2N2O. The first-order valence-corrected chi connectivity index (χ1v) is 9.24. The molecule has 3 aromatic rings. The molecule has 3 rings (SSSR count). The summed E-state index contributed by atoms with van der Waals surface area (Å²) in [7, 11) is 0. The Morgan fingerprint density at radius 2 is 1.52 bits per heavy atom. The second kappa shape index (κ2) is 8.85. The molecule has 1 unspecified atom stereocenters. The number of carbonyl (C=O) groups excluding carboxylic acids is 1. The maximum absolute atomic E-state index is 13.0. The minimum Gasteiger partial charge on any atom is -0.310 e. The van der Waals surface area contributed by atoms with E-state index in [0.717, 1.165) is 11.1 Å². The van der Waals surface area contributed by atoms with E-state index in [4.69, 9.17) is 28.6 Å². The third-order valence-corrected chi connectivity index (χ3v) is 4.99. The normalized spacial score (nSPS) is 11.6. The quantitative estimate of drug-likeness (QED) is 0.436. The lowest BCUT2D eigenvalue weighted by Gasteiger charge is -2.18. The summed E-state index contributed by atoms with van der Waals surface area (Å²) in [4.78, 5) is 13.0. The van der Waals surface area contributed by atoms with Crippen LogP contribution >= 0.6 is 23.2 Å². The fourth-order valence-electron chi connectivity index (χ4n) is 2.84. The number of rotatable bonds is 5. The van der Waals surface area contributed by atoms with Gasteiger partial charge in [0.1, 0.15) is 5.84 Å². The summed E-state index contributed by atoms with van der Waals surface area (Å²) >= 11 is 12.1. The Bertz CT molecular complexity index is 943. The van der Waals surface area contributed by atoms with Gasteiger partial charge in [-0.3, -0.25) is 10.2 Å². The van der Waals surface area contributed by atoms with Crippen LogP contribution < -0.4 is 5.32 Å². The number of amidine groups is 1. The van der Waals surface area contributed by atoms with Gasteiger partial charge in [0.15, 0.2) is 0 Å². The van der Waals surface area contributed by atoms with Crippen LogP contribution in [0.3, 0.4) is 0 Å². The van der Waals surface area contributed by atoms with Crippen LogP contribution in [0.1, 0.15) is 22.6 Å². The van der Waals surface area contributed by atoms with Gasteiger partial charge < -0.3 is 5.32 Å². The standard InChI is InChI=1S/C22H18Cl2N2O/c23-19-12-11-15(14-20(19)24)13-18(16-7-3-1-4-8-16)22(27)26-21(25)17-9-5-2-6-10-17/h1-12,14,18H,13H2,(H2,25,26,27). The minimum atomic E-state index is -0.451. The monoisotopic (exact) mass is 396 g/mol. The van der Waals surface area contributed by atoms with Gasteiger partial charge in [-0.05, 0) is 29.7 Å². The maximum Gasteiger partial charge on any atom is 0.233 e. The zero-order valence-electron chi connectivity index (χ0n) is 14.5. The number of hydrogen-bond donors (Lipinski definition) is 2. The molecule has 1 atom stereocenters. The van der Waals surface area contributed by atoms with Crippen molar-refractivity contribution in [2.45, 2.75) is 12.3 Å². The Hall–Kier alpha value is -2.62. The van der Waals surface area contributed by atoms with E-state index >= 15 is 0 Å². The van der Waals surface area contributed by atoms with Crippen molar-refractivity contribution < 1.29 is 4.79 Å². The van der Waals surface area contributed by atoms with Gasteiger partial charge in [0.05, 0.1) is 16.0 Å². The summed E-state index contributed by atoms with van der Waals surface area (Å²) in [6.45, 7) is 0. The number of nitrogens with one attached hydrogen (secondary N) is 2. The number of benzene rings is 3. The van der Waals surface area contributed by atoms with Crippen molar-refractivity contribution in [3.8, 4) is 0 Å². The number of amides is 1. The third kappa shape index (κ3) is 4.97. The molecule has 0 radical (unpaired) electrons. The largest absolute Gasteiger partial charge is 0.310 e. The fraction of sp³-hybridized carbons (Fsp3) is 0.0909. The smallest absolute Gasteiger partial charge is 0.233 e. The van der Waals surface area contributed by atoms with Gasteiger partial charge in [-0.25, -0.2) is 0 Å². The van der Waals surface area contributed by atoms with Crippen molar-refractivity contribution >= 4 is 34.9 Å². The van der Waals surface area contributed by atoms with Gasteiger partial charge in [0.25, 0.3) is 0 Å². The molecule has 0 saturated carbocycles. The summed E-state index contributed by atoms with van der Waals surface area (Å²) in [5, 5.41) is 11.8. The Morgan fingerprint density at radius 3 is 2.15 bits per heavy atom. The lowest BCUT2D eigenvalue weighted by molar-refractivity contribution is -0.121. The van der Waals surface area contributed by atoms with Crippen molar-refractivity contribution in [2.24, 2.45) is 0 Å². The number of carbonyl (C=O) groups is 1. The Labute approximate surface area is 168 Å². The molecule has 0 aliphatic heterocycles. The summed E-state index contributed by atoms with van der Waals surface area (Å²) in [5.74, 6) is -0.607. The molecule has 0 heterocycles. The van der Waals surface area contributed by atoms with Crippen molar-refractivity contribution in [2.75, 3.05) is 0 Å². The molecule has 1 amide bonds. The molecule has 0 fully saturated rings. The van der Waals surface area contributed by atoms with Gasteiger partial charge in [-0.15, -0.1) is 0 Å².